The lowest BCUT2D eigenvalue weighted by Gasteiger charge is -2.22. The molecule has 154 valence electrons. The molecule has 1 fully saturated rings. The van der Waals surface area contributed by atoms with Gasteiger partial charge < -0.3 is 14.8 Å². The zero-order chi connectivity index (χ0) is 21.1. The number of amides is 2. The van der Waals surface area contributed by atoms with Crippen molar-refractivity contribution in [1.82, 2.24) is 19.4 Å². The summed E-state index contributed by atoms with van der Waals surface area (Å²) in [4.78, 5) is 32.2. The molecule has 0 bridgehead atoms. The van der Waals surface area contributed by atoms with Gasteiger partial charge in [-0.15, -0.1) is 0 Å². The van der Waals surface area contributed by atoms with Crippen molar-refractivity contribution in [1.29, 1.82) is 0 Å². The normalized spacial score (nSPS) is 14.4. The van der Waals surface area contributed by atoms with Crippen molar-refractivity contribution in [3.8, 4) is 5.69 Å². The highest BCUT2D eigenvalue weighted by Crippen LogP contribution is 2.17. The van der Waals surface area contributed by atoms with Crippen LogP contribution in [0.15, 0.2) is 60.8 Å². The van der Waals surface area contributed by atoms with Gasteiger partial charge in [-0.05, 0) is 42.9 Å². The van der Waals surface area contributed by atoms with Crippen molar-refractivity contribution in [3.05, 3.63) is 82.6 Å². The van der Waals surface area contributed by atoms with E-state index >= 15 is 0 Å². The van der Waals surface area contributed by atoms with Gasteiger partial charge in [-0.25, -0.2) is 4.39 Å². The zero-order valence-electron chi connectivity index (χ0n) is 16.3. The molecule has 1 saturated heterocycles. The quantitative estimate of drug-likeness (QED) is 0.653. The smallest absolute Gasteiger partial charge is 0.272 e. The highest BCUT2D eigenvalue weighted by atomic mass is 32.1. The van der Waals surface area contributed by atoms with E-state index in [-0.39, 0.29) is 17.4 Å². The van der Waals surface area contributed by atoms with Gasteiger partial charge in [0, 0.05) is 38.1 Å². The van der Waals surface area contributed by atoms with E-state index in [1.807, 2.05) is 30.3 Å². The predicted molar refractivity (Wildman–Crippen MR) is 114 cm³/mol. The first-order chi connectivity index (χ1) is 14.6. The summed E-state index contributed by atoms with van der Waals surface area (Å²) in [5.41, 5.74) is 1.30. The van der Waals surface area contributed by atoms with Gasteiger partial charge in [0.05, 0.1) is 5.56 Å². The molecule has 0 atom stereocenters. The lowest BCUT2D eigenvalue weighted by molar-refractivity contribution is 0.0712. The van der Waals surface area contributed by atoms with Crippen molar-refractivity contribution in [2.24, 2.45) is 0 Å². The van der Waals surface area contributed by atoms with E-state index in [1.165, 1.54) is 12.1 Å². The van der Waals surface area contributed by atoms with Crippen LogP contribution >= 0.6 is 12.2 Å². The maximum Gasteiger partial charge on any atom is 0.272 e. The summed E-state index contributed by atoms with van der Waals surface area (Å²) in [5.74, 6) is -1.04. The third-order valence-electron chi connectivity index (χ3n) is 5.18. The molecule has 6 nitrogen and oxygen atoms in total. The maximum atomic E-state index is 14.0. The molecule has 30 heavy (non-hydrogen) atoms. The number of carbonyl (C=O) groups is 2. The molecule has 0 aliphatic carbocycles. The Kier molecular flexibility index (Phi) is 5.76. The van der Waals surface area contributed by atoms with Crippen LogP contribution < -0.4 is 0 Å². The fourth-order valence-electron chi connectivity index (χ4n) is 3.65. The summed E-state index contributed by atoms with van der Waals surface area (Å²) < 4.78 is 16.2. The standard InChI is InChI=1S/C22H21FN4O2S/c23-18-10-5-4-9-17(18)20(28)25-11-6-12-26(14-13-25)21(29)19-15-24-22(30)27(19)16-7-2-1-3-8-16/h1-5,7-10,15H,6,11-14H2,(H,24,30). The second-order valence-corrected chi connectivity index (χ2v) is 7.45. The highest BCUT2D eigenvalue weighted by molar-refractivity contribution is 7.71. The summed E-state index contributed by atoms with van der Waals surface area (Å²) in [5, 5.41) is 0. The van der Waals surface area contributed by atoms with Gasteiger partial charge in [0.25, 0.3) is 11.8 Å². The van der Waals surface area contributed by atoms with Crippen LogP contribution in [0.2, 0.25) is 0 Å². The van der Waals surface area contributed by atoms with Crippen molar-refractivity contribution in [3.63, 3.8) is 0 Å². The molecule has 2 amide bonds. The lowest BCUT2D eigenvalue weighted by atomic mass is 10.2. The highest BCUT2D eigenvalue weighted by Gasteiger charge is 2.26. The zero-order valence-corrected chi connectivity index (χ0v) is 17.1. The second kappa shape index (κ2) is 8.62. The summed E-state index contributed by atoms with van der Waals surface area (Å²) in [6.07, 6.45) is 2.23. The first kappa shape index (κ1) is 20.0. The Hall–Kier alpha value is -3.26. The average Bonchev–Trinajstić information content (AvgIpc) is 2.98. The van der Waals surface area contributed by atoms with Gasteiger partial charge in [0.2, 0.25) is 0 Å². The summed E-state index contributed by atoms with van der Waals surface area (Å²) in [7, 11) is 0. The number of hydrogen-bond donors (Lipinski definition) is 1. The molecule has 0 spiro atoms. The number of benzene rings is 2. The largest absolute Gasteiger partial charge is 0.337 e. The van der Waals surface area contributed by atoms with Crippen molar-refractivity contribution in [2.75, 3.05) is 26.2 Å². The monoisotopic (exact) mass is 424 g/mol. The van der Waals surface area contributed by atoms with E-state index in [1.54, 1.807) is 32.7 Å². The molecule has 0 saturated carbocycles. The number of aromatic nitrogens is 2. The molecule has 2 aromatic carbocycles. The van der Waals surface area contributed by atoms with Gasteiger partial charge in [0.1, 0.15) is 11.5 Å². The topological polar surface area (TPSA) is 61.3 Å². The first-order valence-corrected chi connectivity index (χ1v) is 10.2. The molecule has 0 unspecified atom stereocenters. The number of carbonyl (C=O) groups excluding carboxylic acids is 2. The van der Waals surface area contributed by atoms with Gasteiger partial charge >= 0.3 is 0 Å². The van der Waals surface area contributed by atoms with Crippen molar-refractivity contribution in [2.45, 2.75) is 6.42 Å². The summed E-state index contributed by atoms with van der Waals surface area (Å²) in [6, 6.07) is 15.4. The minimum absolute atomic E-state index is 0.0561. The molecule has 4 rings (SSSR count). The van der Waals surface area contributed by atoms with Crippen LogP contribution in [-0.4, -0.2) is 57.3 Å². The van der Waals surface area contributed by atoms with Crippen LogP contribution in [0, 0.1) is 10.6 Å². The van der Waals surface area contributed by atoms with Crippen LogP contribution in [-0.2, 0) is 0 Å². The molecule has 1 aliphatic heterocycles. The first-order valence-electron chi connectivity index (χ1n) is 9.75. The predicted octanol–water partition coefficient (Wildman–Crippen LogP) is 3.66. The number of imidazole rings is 1. The number of aromatic amines is 1. The van der Waals surface area contributed by atoms with E-state index in [9.17, 15) is 14.0 Å². The number of para-hydroxylation sites is 1. The number of halogens is 1. The Morgan fingerprint density at radius 3 is 2.20 bits per heavy atom. The SMILES string of the molecule is O=C(c1ccccc1F)N1CCCN(C(=O)c2c[nH]c(=S)n2-c2ccccc2)CC1. The third kappa shape index (κ3) is 3.91. The summed E-state index contributed by atoms with van der Waals surface area (Å²) >= 11 is 5.37. The summed E-state index contributed by atoms with van der Waals surface area (Å²) in [6.45, 7) is 1.68. The van der Waals surface area contributed by atoms with Crippen LogP contribution in [0.5, 0.6) is 0 Å². The maximum absolute atomic E-state index is 14.0. The fraction of sp³-hybridized carbons (Fsp3) is 0.227. The number of nitrogens with one attached hydrogen (secondary N) is 1. The van der Waals surface area contributed by atoms with Crippen molar-refractivity contribution >= 4 is 24.0 Å². The Bertz CT molecular complexity index is 1130. The molecular weight excluding hydrogens is 403 g/mol. The Balaban J connectivity index is 1.52. The second-order valence-electron chi connectivity index (χ2n) is 7.07. The van der Waals surface area contributed by atoms with Crippen LogP contribution in [0.25, 0.3) is 5.69 Å². The van der Waals surface area contributed by atoms with Crippen LogP contribution in [0.4, 0.5) is 4.39 Å². The lowest BCUT2D eigenvalue weighted by Crippen LogP contribution is -2.38. The van der Waals surface area contributed by atoms with E-state index < -0.39 is 5.82 Å². The van der Waals surface area contributed by atoms with Crippen LogP contribution in [0.1, 0.15) is 27.3 Å². The molecule has 1 aliphatic rings. The molecule has 1 aromatic heterocycles. The minimum Gasteiger partial charge on any atom is -0.337 e. The number of H-pyrrole nitrogens is 1. The fourth-order valence-corrected chi connectivity index (χ4v) is 3.91. The molecule has 2 heterocycles. The number of rotatable bonds is 3. The van der Waals surface area contributed by atoms with Gasteiger partial charge in [-0.2, -0.15) is 0 Å². The van der Waals surface area contributed by atoms with Gasteiger partial charge in [-0.3, -0.25) is 14.2 Å². The Morgan fingerprint density at radius 2 is 1.50 bits per heavy atom. The van der Waals surface area contributed by atoms with E-state index in [2.05, 4.69) is 4.98 Å². The third-order valence-corrected chi connectivity index (χ3v) is 5.48. The average molecular weight is 425 g/mol. The molecular formula is C22H21FN4O2S. The van der Waals surface area contributed by atoms with E-state index in [0.717, 1.165) is 5.69 Å². The molecule has 1 N–H and O–H groups in total. The molecule has 0 radical (unpaired) electrons. The van der Waals surface area contributed by atoms with Gasteiger partial charge in [0.15, 0.2) is 4.77 Å². The number of hydrogen-bond acceptors (Lipinski definition) is 3. The molecule has 8 heteroatoms. The van der Waals surface area contributed by atoms with E-state index in [0.29, 0.717) is 43.1 Å². The molecule has 3 aromatic rings. The number of nitrogens with zero attached hydrogens (tertiary/aromatic N) is 3. The van der Waals surface area contributed by atoms with Gasteiger partial charge in [-0.1, -0.05) is 30.3 Å². The van der Waals surface area contributed by atoms with E-state index in [4.69, 9.17) is 12.2 Å². The Morgan fingerprint density at radius 1 is 0.867 bits per heavy atom. The van der Waals surface area contributed by atoms with Crippen LogP contribution in [0.3, 0.4) is 0 Å². The minimum atomic E-state index is -0.533. The Labute approximate surface area is 178 Å². The van der Waals surface area contributed by atoms with Crippen molar-refractivity contribution < 1.29 is 14.0 Å².